The zero-order chi connectivity index (χ0) is 15.7. The minimum Gasteiger partial charge on any atom is -0.373 e. The monoisotopic (exact) mass is 306 g/mol. The zero-order valence-corrected chi connectivity index (χ0v) is 13.7. The molecule has 2 atom stereocenters. The van der Waals surface area contributed by atoms with Crippen LogP contribution >= 0.6 is 0 Å². The second-order valence-electron chi connectivity index (χ2n) is 6.53. The predicted molar refractivity (Wildman–Crippen MR) is 85.0 cm³/mol. The van der Waals surface area contributed by atoms with E-state index in [-0.39, 0.29) is 12.0 Å². The van der Waals surface area contributed by atoms with Gasteiger partial charge in [-0.2, -0.15) is 0 Å². The number of carbonyl (C=O) groups is 1. The Kier molecular flexibility index (Phi) is 4.52. The van der Waals surface area contributed by atoms with Crippen LogP contribution < -0.4 is 0 Å². The number of aryl methyl sites for hydroxylation is 1. The molecule has 0 aliphatic carbocycles. The highest BCUT2D eigenvalue weighted by molar-refractivity contribution is 5.93. The van der Waals surface area contributed by atoms with Gasteiger partial charge in [-0.3, -0.25) is 9.69 Å². The third kappa shape index (κ3) is 3.04. The molecule has 0 bridgehead atoms. The van der Waals surface area contributed by atoms with Crippen LogP contribution in [0.1, 0.15) is 10.5 Å². The Hall–Kier alpha value is -1.37. The van der Waals surface area contributed by atoms with E-state index in [2.05, 4.69) is 23.9 Å². The number of hydrogen-bond acceptors (Lipinski definition) is 4. The molecule has 0 unspecified atom stereocenters. The van der Waals surface area contributed by atoms with Crippen molar-refractivity contribution in [2.24, 2.45) is 7.05 Å². The van der Waals surface area contributed by atoms with Crippen LogP contribution in [0.15, 0.2) is 18.3 Å². The topological polar surface area (TPSA) is 41.0 Å². The van der Waals surface area contributed by atoms with Crippen LogP contribution in [-0.2, 0) is 11.8 Å². The average molecular weight is 306 g/mol. The van der Waals surface area contributed by atoms with Crippen LogP contribution in [-0.4, -0.2) is 90.7 Å². The molecule has 1 aromatic heterocycles. The molecule has 2 aliphatic rings. The molecule has 0 aromatic carbocycles. The van der Waals surface area contributed by atoms with Crippen LogP contribution in [0.5, 0.6) is 0 Å². The maximum absolute atomic E-state index is 12.7. The Morgan fingerprint density at radius 3 is 2.91 bits per heavy atom. The molecule has 0 radical (unpaired) electrons. The van der Waals surface area contributed by atoms with Crippen molar-refractivity contribution in [3.05, 3.63) is 24.0 Å². The van der Waals surface area contributed by atoms with Crippen molar-refractivity contribution in [3.8, 4) is 0 Å². The number of nitrogens with zero attached hydrogens (tertiary/aromatic N) is 4. The van der Waals surface area contributed by atoms with Gasteiger partial charge in [-0.15, -0.1) is 0 Å². The number of morpholine rings is 1. The van der Waals surface area contributed by atoms with Crippen molar-refractivity contribution in [1.82, 2.24) is 19.3 Å². The minimum atomic E-state index is 0.109. The summed E-state index contributed by atoms with van der Waals surface area (Å²) in [6.07, 6.45) is 2.07. The van der Waals surface area contributed by atoms with E-state index in [1.165, 1.54) is 0 Å². The van der Waals surface area contributed by atoms with E-state index >= 15 is 0 Å². The van der Waals surface area contributed by atoms with Gasteiger partial charge in [0.05, 0.1) is 18.8 Å². The third-order valence-corrected chi connectivity index (χ3v) is 4.70. The SMILES string of the molecule is CN(C)CCN1CCO[C@H]2CN(C(=O)c3cccn3C)C[C@@H]21. The van der Waals surface area contributed by atoms with Crippen LogP contribution in [0.25, 0.3) is 0 Å². The highest BCUT2D eigenvalue weighted by Gasteiger charge is 2.42. The van der Waals surface area contributed by atoms with Crippen molar-refractivity contribution >= 4 is 5.91 Å². The van der Waals surface area contributed by atoms with Crippen molar-refractivity contribution in [1.29, 1.82) is 0 Å². The summed E-state index contributed by atoms with van der Waals surface area (Å²) in [6.45, 7) is 5.26. The van der Waals surface area contributed by atoms with Crippen molar-refractivity contribution in [3.63, 3.8) is 0 Å². The molecular weight excluding hydrogens is 280 g/mol. The number of rotatable bonds is 4. The van der Waals surface area contributed by atoms with E-state index in [1.807, 2.05) is 34.8 Å². The summed E-state index contributed by atoms with van der Waals surface area (Å²) >= 11 is 0. The number of fused-ring (bicyclic) bond motifs is 1. The number of amides is 1. The predicted octanol–water partition coefficient (Wildman–Crippen LogP) is 0.112. The smallest absolute Gasteiger partial charge is 0.270 e. The molecule has 1 amide bonds. The second-order valence-corrected chi connectivity index (χ2v) is 6.53. The average Bonchev–Trinajstić information content (AvgIpc) is 3.10. The molecule has 6 heteroatoms. The lowest BCUT2D eigenvalue weighted by Crippen LogP contribution is -2.52. The van der Waals surface area contributed by atoms with Gasteiger partial charge in [0, 0.05) is 46.0 Å². The van der Waals surface area contributed by atoms with Gasteiger partial charge in [0.1, 0.15) is 5.69 Å². The molecule has 0 N–H and O–H groups in total. The Labute approximate surface area is 132 Å². The molecule has 6 nitrogen and oxygen atoms in total. The lowest BCUT2D eigenvalue weighted by Gasteiger charge is -2.37. The molecule has 0 saturated carbocycles. The summed E-state index contributed by atoms with van der Waals surface area (Å²) in [4.78, 5) is 19.3. The Bertz CT molecular complexity index is 528. The van der Waals surface area contributed by atoms with E-state index in [4.69, 9.17) is 4.74 Å². The number of aromatic nitrogens is 1. The quantitative estimate of drug-likeness (QED) is 0.792. The van der Waals surface area contributed by atoms with E-state index in [0.717, 1.165) is 38.5 Å². The lowest BCUT2D eigenvalue weighted by atomic mass is 10.1. The van der Waals surface area contributed by atoms with Gasteiger partial charge in [-0.1, -0.05) is 0 Å². The molecule has 3 heterocycles. The number of hydrogen-bond donors (Lipinski definition) is 0. The second kappa shape index (κ2) is 6.40. The highest BCUT2D eigenvalue weighted by atomic mass is 16.5. The van der Waals surface area contributed by atoms with Crippen molar-refractivity contribution < 1.29 is 9.53 Å². The molecule has 122 valence electrons. The summed E-state index contributed by atoms with van der Waals surface area (Å²) in [5, 5.41) is 0. The van der Waals surface area contributed by atoms with Gasteiger partial charge < -0.3 is 19.1 Å². The van der Waals surface area contributed by atoms with E-state index in [0.29, 0.717) is 12.6 Å². The first-order valence-corrected chi connectivity index (χ1v) is 7.97. The van der Waals surface area contributed by atoms with Gasteiger partial charge in [0.25, 0.3) is 5.91 Å². The van der Waals surface area contributed by atoms with Crippen molar-refractivity contribution in [2.75, 3.05) is 53.4 Å². The molecule has 2 saturated heterocycles. The Balaban J connectivity index is 1.66. The van der Waals surface area contributed by atoms with Crippen LogP contribution in [0.2, 0.25) is 0 Å². The van der Waals surface area contributed by atoms with E-state index < -0.39 is 0 Å². The summed E-state index contributed by atoms with van der Waals surface area (Å²) < 4.78 is 7.79. The fourth-order valence-electron chi connectivity index (χ4n) is 3.38. The maximum Gasteiger partial charge on any atom is 0.270 e. The van der Waals surface area contributed by atoms with Gasteiger partial charge in [0.15, 0.2) is 0 Å². The maximum atomic E-state index is 12.7. The fourth-order valence-corrected chi connectivity index (χ4v) is 3.38. The Morgan fingerprint density at radius 1 is 1.41 bits per heavy atom. The molecular formula is C16H26N4O2. The van der Waals surface area contributed by atoms with Crippen LogP contribution in [0, 0.1) is 0 Å². The molecule has 2 fully saturated rings. The summed E-state index contributed by atoms with van der Waals surface area (Å²) in [5.74, 6) is 0.109. The first kappa shape index (κ1) is 15.5. The number of likely N-dealkylation sites (N-methyl/N-ethyl adjacent to an activating group) is 1. The van der Waals surface area contributed by atoms with Gasteiger partial charge in [-0.25, -0.2) is 0 Å². The minimum absolute atomic E-state index is 0.109. The highest BCUT2D eigenvalue weighted by Crippen LogP contribution is 2.24. The number of carbonyl (C=O) groups excluding carboxylic acids is 1. The lowest BCUT2D eigenvalue weighted by molar-refractivity contribution is -0.0482. The van der Waals surface area contributed by atoms with Gasteiger partial charge in [-0.05, 0) is 26.2 Å². The first-order chi connectivity index (χ1) is 10.6. The largest absolute Gasteiger partial charge is 0.373 e. The standard InChI is InChI=1S/C16H26N4O2/c1-17(2)7-8-19-9-10-22-15-12-20(11-14(15)19)16(21)13-5-4-6-18(13)3/h4-6,14-15H,7-12H2,1-3H3/t14-,15-/m0/s1. The molecule has 2 aliphatic heterocycles. The van der Waals surface area contributed by atoms with Crippen LogP contribution in [0.3, 0.4) is 0 Å². The van der Waals surface area contributed by atoms with Gasteiger partial charge in [0.2, 0.25) is 0 Å². The molecule has 22 heavy (non-hydrogen) atoms. The van der Waals surface area contributed by atoms with E-state index in [9.17, 15) is 4.79 Å². The molecule has 0 spiro atoms. The summed E-state index contributed by atoms with van der Waals surface area (Å²) in [5.41, 5.74) is 0.749. The first-order valence-electron chi connectivity index (χ1n) is 7.97. The third-order valence-electron chi connectivity index (χ3n) is 4.70. The Morgan fingerprint density at radius 2 is 2.23 bits per heavy atom. The van der Waals surface area contributed by atoms with Crippen LogP contribution in [0.4, 0.5) is 0 Å². The zero-order valence-electron chi connectivity index (χ0n) is 13.7. The summed E-state index contributed by atoms with van der Waals surface area (Å²) in [7, 11) is 6.10. The normalized spacial score (nSPS) is 25.7. The molecule has 1 aromatic rings. The number of ether oxygens (including phenoxy) is 1. The number of likely N-dealkylation sites (tertiary alicyclic amines) is 1. The fraction of sp³-hybridized carbons (Fsp3) is 0.688. The molecule has 3 rings (SSSR count). The van der Waals surface area contributed by atoms with E-state index in [1.54, 1.807) is 0 Å². The van der Waals surface area contributed by atoms with Crippen molar-refractivity contribution in [2.45, 2.75) is 12.1 Å². The summed E-state index contributed by atoms with van der Waals surface area (Å²) in [6, 6.07) is 4.13. The van der Waals surface area contributed by atoms with Gasteiger partial charge >= 0.3 is 0 Å².